The molecule has 0 bridgehead atoms. The number of quaternary nitrogens is 1. The van der Waals surface area contributed by atoms with Crippen LogP contribution in [0.25, 0.3) is 0 Å². The number of hydrogen-bond donors (Lipinski definition) is 2. The van der Waals surface area contributed by atoms with Gasteiger partial charge in [0.15, 0.2) is 6.04 Å². The van der Waals surface area contributed by atoms with Crippen LogP contribution in [0, 0.1) is 5.82 Å². The largest absolute Gasteiger partial charge is 0.495 e. The van der Waals surface area contributed by atoms with Gasteiger partial charge in [-0.2, -0.15) is 0 Å². The molecule has 0 aromatic heterocycles. The smallest absolute Gasteiger partial charge is 0.282 e. The quantitative estimate of drug-likeness (QED) is 0.591. The Labute approximate surface area is 177 Å². The second-order valence-corrected chi connectivity index (χ2v) is 7.30. The van der Waals surface area contributed by atoms with Gasteiger partial charge >= 0.3 is 0 Å². The first-order chi connectivity index (χ1) is 14.5. The molecule has 3 N–H and O–H groups in total. The standard InChI is InChI=1S/C25H27FN2O2/c1-4-18-12-14-19(15-13-18)24(20-8-7-9-21(26)16-20)27-17(2)25(29)28-22-10-5-6-11-23(22)30-3/h5-17,24,27H,4H2,1-3H3,(H,28,29)/p+1/t17-,24-/m0/s1. The van der Waals surface area contributed by atoms with Crippen LogP contribution in [0.3, 0.4) is 0 Å². The van der Waals surface area contributed by atoms with Crippen LogP contribution >= 0.6 is 0 Å². The highest BCUT2D eigenvalue weighted by atomic mass is 19.1. The fraction of sp³-hybridized carbons (Fsp3) is 0.240. The van der Waals surface area contributed by atoms with Crippen molar-refractivity contribution >= 4 is 11.6 Å². The van der Waals surface area contributed by atoms with E-state index in [-0.39, 0.29) is 17.8 Å². The summed E-state index contributed by atoms with van der Waals surface area (Å²) < 4.78 is 19.2. The lowest BCUT2D eigenvalue weighted by Gasteiger charge is -2.21. The number of benzene rings is 3. The number of para-hydroxylation sites is 2. The molecular weight excluding hydrogens is 379 g/mol. The summed E-state index contributed by atoms with van der Waals surface area (Å²) in [5.74, 6) is 0.170. The van der Waals surface area contributed by atoms with Gasteiger partial charge in [0.1, 0.15) is 17.6 Å². The topological polar surface area (TPSA) is 54.9 Å². The minimum atomic E-state index is -0.408. The van der Waals surface area contributed by atoms with E-state index < -0.39 is 6.04 Å². The number of aryl methyl sites for hydroxylation is 1. The molecule has 4 nitrogen and oxygen atoms in total. The number of ether oxygens (including phenoxy) is 1. The highest BCUT2D eigenvalue weighted by Gasteiger charge is 2.25. The SMILES string of the molecule is CCc1ccc([C@H]([NH2+][C@@H](C)C(=O)Nc2ccccc2OC)c2cccc(F)c2)cc1. The summed E-state index contributed by atoms with van der Waals surface area (Å²) in [5.41, 5.74) is 3.70. The second-order valence-electron chi connectivity index (χ2n) is 7.30. The third-order valence-electron chi connectivity index (χ3n) is 5.21. The van der Waals surface area contributed by atoms with Crippen LogP contribution in [0.1, 0.15) is 36.6 Å². The summed E-state index contributed by atoms with van der Waals surface area (Å²) in [7, 11) is 1.57. The van der Waals surface area contributed by atoms with Crippen LogP contribution in [0.5, 0.6) is 5.75 Å². The predicted molar refractivity (Wildman–Crippen MR) is 117 cm³/mol. The highest BCUT2D eigenvalue weighted by Crippen LogP contribution is 2.23. The number of nitrogens with two attached hydrogens (primary N) is 1. The van der Waals surface area contributed by atoms with Gasteiger partial charge in [-0.15, -0.1) is 0 Å². The summed E-state index contributed by atoms with van der Waals surface area (Å²) in [6.45, 7) is 3.95. The lowest BCUT2D eigenvalue weighted by Crippen LogP contribution is -2.92. The molecule has 0 unspecified atom stereocenters. The van der Waals surface area contributed by atoms with Gasteiger partial charge in [0.25, 0.3) is 5.91 Å². The molecule has 0 aliphatic rings. The van der Waals surface area contributed by atoms with Crippen molar-refractivity contribution in [3.8, 4) is 5.75 Å². The number of nitrogens with one attached hydrogen (secondary N) is 1. The van der Waals surface area contributed by atoms with Gasteiger partial charge in [0.2, 0.25) is 0 Å². The van der Waals surface area contributed by atoms with Gasteiger partial charge < -0.3 is 15.4 Å². The molecule has 0 aliphatic carbocycles. The number of carbonyl (C=O) groups excluding carboxylic acids is 1. The van der Waals surface area contributed by atoms with Crippen LogP contribution in [-0.4, -0.2) is 19.1 Å². The van der Waals surface area contributed by atoms with Crippen LogP contribution < -0.4 is 15.4 Å². The Hall–Kier alpha value is -3.18. The van der Waals surface area contributed by atoms with Gasteiger partial charge in [0.05, 0.1) is 12.8 Å². The average Bonchev–Trinajstić information content (AvgIpc) is 2.77. The zero-order valence-corrected chi connectivity index (χ0v) is 17.6. The predicted octanol–water partition coefficient (Wildman–Crippen LogP) is 4.08. The van der Waals surface area contributed by atoms with Crippen molar-refractivity contribution in [3.63, 3.8) is 0 Å². The molecule has 0 radical (unpaired) electrons. The number of halogens is 1. The van der Waals surface area contributed by atoms with Gasteiger partial charge in [-0.3, -0.25) is 4.79 Å². The van der Waals surface area contributed by atoms with Crippen LogP contribution in [0.15, 0.2) is 72.8 Å². The Kier molecular flexibility index (Phi) is 7.20. The van der Waals surface area contributed by atoms with Gasteiger partial charge in [-0.25, -0.2) is 4.39 Å². The van der Waals surface area contributed by atoms with Gasteiger partial charge in [0, 0.05) is 11.1 Å². The fourth-order valence-corrected chi connectivity index (χ4v) is 3.45. The summed E-state index contributed by atoms with van der Waals surface area (Å²) in [6.07, 6.45) is 0.951. The maximum Gasteiger partial charge on any atom is 0.282 e. The van der Waals surface area contributed by atoms with Gasteiger partial charge in [-0.05, 0) is 43.2 Å². The van der Waals surface area contributed by atoms with E-state index in [4.69, 9.17) is 4.74 Å². The molecule has 5 heteroatoms. The van der Waals surface area contributed by atoms with E-state index in [1.165, 1.54) is 17.7 Å². The Morgan fingerprint density at radius 2 is 1.77 bits per heavy atom. The molecule has 0 heterocycles. The monoisotopic (exact) mass is 407 g/mol. The number of carbonyl (C=O) groups is 1. The van der Waals surface area contributed by atoms with E-state index in [9.17, 15) is 9.18 Å². The Morgan fingerprint density at radius 3 is 2.43 bits per heavy atom. The summed E-state index contributed by atoms with van der Waals surface area (Å²) in [6, 6.07) is 21.5. The molecule has 156 valence electrons. The zero-order chi connectivity index (χ0) is 21.5. The van der Waals surface area contributed by atoms with Crippen LogP contribution in [0.2, 0.25) is 0 Å². The van der Waals surface area contributed by atoms with E-state index >= 15 is 0 Å². The molecule has 1 amide bonds. The first kappa shape index (κ1) is 21.5. The fourth-order valence-electron chi connectivity index (χ4n) is 3.45. The van der Waals surface area contributed by atoms with Crippen molar-refractivity contribution in [1.29, 1.82) is 0 Å². The van der Waals surface area contributed by atoms with Crippen molar-refractivity contribution in [2.45, 2.75) is 32.4 Å². The molecular formula is C25H28FN2O2+. The molecule has 0 spiro atoms. The van der Waals surface area contributed by atoms with Crippen LogP contribution in [-0.2, 0) is 11.2 Å². The van der Waals surface area contributed by atoms with E-state index in [0.29, 0.717) is 11.4 Å². The Bertz CT molecular complexity index is 988. The number of anilines is 1. The highest BCUT2D eigenvalue weighted by molar-refractivity contribution is 5.94. The number of amides is 1. The third kappa shape index (κ3) is 5.24. The maximum atomic E-state index is 13.9. The number of methoxy groups -OCH3 is 1. The molecule has 3 aromatic rings. The maximum absolute atomic E-state index is 13.9. The normalized spacial score (nSPS) is 12.8. The van der Waals surface area contributed by atoms with E-state index in [1.54, 1.807) is 25.3 Å². The van der Waals surface area contributed by atoms with E-state index in [0.717, 1.165) is 17.5 Å². The molecule has 0 saturated heterocycles. The molecule has 2 atom stereocenters. The lowest BCUT2D eigenvalue weighted by atomic mass is 9.96. The number of rotatable bonds is 8. The Morgan fingerprint density at radius 1 is 1.03 bits per heavy atom. The lowest BCUT2D eigenvalue weighted by molar-refractivity contribution is -0.704. The van der Waals surface area contributed by atoms with E-state index in [2.05, 4.69) is 36.5 Å². The minimum absolute atomic E-state index is 0.147. The Balaban J connectivity index is 1.83. The summed E-state index contributed by atoms with van der Waals surface area (Å²) >= 11 is 0. The minimum Gasteiger partial charge on any atom is -0.495 e. The third-order valence-corrected chi connectivity index (χ3v) is 5.21. The second kappa shape index (κ2) is 10.0. The van der Waals surface area contributed by atoms with Crippen molar-refractivity contribution in [2.75, 3.05) is 12.4 Å². The van der Waals surface area contributed by atoms with Crippen LogP contribution in [0.4, 0.5) is 10.1 Å². The van der Waals surface area contributed by atoms with Crippen molar-refractivity contribution in [1.82, 2.24) is 0 Å². The molecule has 30 heavy (non-hydrogen) atoms. The summed E-state index contributed by atoms with van der Waals surface area (Å²) in [5, 5.41) is 4.89. The van der Waals surface area contributed by atoms with Crippen molar-refractivity contribution in [2.24, 2.45) is 0 Å². The van der Waals surface area contributed by atoms with Gasteiger partial charge in [-0.1, -0.05) is 55.5 Å². The molecule has 3 aromatic carbocycles. The molecule has 0 fully saturated rings. The van der Waals surface area contributed by atoms with E-state index in [1.807, 2.05) is 30.4 Å². The first-order valence-electron chi connectivity index (χ1n) is 10.1. The molecule has 3 rings (SSSR count). The van der Waals surface area contributed by atoms with Crippen molar-refractivity contribution < 1.29 is 19.2 Å². The zero-order valence-electron chi connectivity index (χ0n) is 17.6. The number of hydrogen-bond acceptors (Lipinski definition) is 2. The molecule has 0 saturated carbocycles. The average molecular weight is 408 g/mol. The molecule has 0 aliphatic heterocycles. The van der Waals surface area contributed by atoms with Crippen molar-refractivity contribution in [3.05, 3.63) is 95.3 Å². The first-order valence-corrected chi connectivity index (χ1v) is 10.1. The summed E-state index contributed by atoms with van der Waals surface area (Å²) in [4.78, 5) is 12.9.